The SMILES string of the molecule is CCC(C)CSc1cc(N)nc(N)n1. The number of nitrogens with two attached hydrogens (primary N) is 2. The predicted octanol–water partition coefficient (Wildman–Crippen LogP) is 1.78. The average molecular weight is 212 g/mol. The lowest BCUT2D eigenvalue weighted by Gasteiger charge is -2.07. The van der Waals surface area contributed by atoms with Crippen LogP contribution in [0.5, 0.6) is 0 Å². The molecule has 4 nitrogen and oxygen atoms in total. The lowest BCUT2D eigenvalue weighted by atomic mass is 10.2. The highest BCUT2D eigenvalue weighted by atomic mass is 32.2. The summed E-state index contributed by atoms with van der Waals surface area (Å²) in [7, 11) is 0. The van der Waals surface area contributed by atoms with Crippen LogP contribution in [0, 0.1) is 5.92 Å². The normalized spacial score (nSPS) is 12.7. The minimum atomic E-state index is 0.247. The zero-order valence-corrected chi connectivity index (χ0v) is 9.34. The van der Waals surface area contributed by atoms with Crippen LogP contribution in [-0.2, 0) is 0 Å². The molecule has 5 heteroatoms. The summed E-state index contributed by atoms with van der Waals surface area (Å²) >= 11 is 1.67. The number of aromatic nitrogens is 2. The van der Waals surface area contributed by atoms with Crippen molar-refractivity contribution in [2.24, 2.45) is 5.92 Å². The quantitative estimate of drug-likeness (QED) is 0.587. The molecule has 0 radical (unpaired) electrons. The maximum Gasteiger partial charge on any atom is 0.223 e. The highest BCUT2D eigenvalue weighted by Crippen LogP contribution is 2.21. The summed E-state index contributed by atoms with van der Waals surface area (Å²) in [5.41, 5.74) is 11.0. The Bertz CT molecular complexity index is 283. The van der Waals surface area contributed by atoms with Crippen molar-refractivity contribution >= 4 is 23.5 Å². The van der Waals surface area contributed by atoms with Crippen LogP contribution in [0.25, 0.3) is 0 Å². The van der Waals surface area contributed by atoms with E-state index in [0.29, 0.717) is 11.7 Å². The summed E-state index contributed by atoms with van der Waals surface area (Å²) in [5, 5.41) is 0.857. The zero-order valence-electron chi connectivity index (χ0n) is 8.53. The van der Waals surface area contributed by atoms with Gasteiger partial charge in [-0.2, -0.15) is 4.98 Å². The first-order chi connectivity index (χ1) is 6.61. The average Bonchev–Trinajstić information content (AvgIpc) is 2.12. The lowest BCUT2D eigenvalue weighted by molar-refractivity contribution is 0.636. The van der Waals surface area contributed by atoms with Gasteiger partial charge in [0.2, 0.25) is 5.95 Å². The van der Waals surface area contributed by atoms with E-state index in [-0.39, 0.29) is 5.95 Å². The Morgan fingerprint density at radius 3 is 2.71 bits per heavy atom. The molecule has 14 heavy (non-hydrogen) atoms. The molecule has 0 aromatic carbocycles. The van der Waals surface area contributed by atoms with Gasteiger partial charge < -0.3 is 11.5 Å². The van der Waals surface area contributed by atoms with E-state index in [0.717, 1.165) is 10.8 Å². The topological polar surface area (TPSA) is 77.8 Å². The van der Waals surface area contributed by atoms with E-state index in [1.54, 1.807) is 17.8 Å². The Morgan fingerprint density at radius 2 is 2.14 bits per heavy atom. The molecule has 0 spiro atoms. The van der Waals surface area contributed by atoms with Gasteiger partial charge in [-0.05, 0) is 5.92 Å². The molecule has 1 unspecified atom stereocenters. The molecular formula is C9H16N4S. The molecule has 1 aromatic rings. The Hall–Kier alpha value is -0.970. The Kier molecular flexibility index (Phi) is 4.00. The molecule has 78 valence electrons. The third-order valence-corrected chi connectivity index (χ3v) is 3.19. The van der Waals surface area contributed by atoms with Gasteiger partial charge in [-0.3, -0.25) is 0 Å². The fourth-order valence-corrected chi connectivity index (χ4v) is 1.93. The molecule has 1 heterocycles. The number of nitrogen functional groups attached to an aromatic ring is 2. The fraction of sp³-hybridized carbons (Fsp3) is 0.556. The van der Waals surface area contributed by atoms with E-state index in [1.807, 2.05) is 0 Å². The molecule has 1 atom stereocenters. The third-order valence-electron chi connectivity index (χ3n) is 1.95. The maximum absolute atomic E-state index is 5.55. The van der Waals surface area contributed by atoms with Crippen molar-refractivity contribution in [2.45, 2.75) is 25.3 Å². The van der Waals surface area contributed by atoms with Crippen molar-refractivity contribution in [3.63, 3.8) is 0 Å². The van der Waals surface area contributed by atoms with Crippen LogP contribution in [0.3, 0.4) is 0 Å². The highest BCUT2D eigenvalue weighted by Gasteiger charge is 2.03. The summed E-state index contributed by atoms with van der Waals surface area (Å²) in [4.78, 5) is 7.90. The van der Waals surface area contributed by atoms with E-state index in [1.165, 1.54) is 6.42 Å². The van der Waals surface area contributed by atoms with E-state index >= 15 is 0 Å². The Balaban J connectivity index is 2.58. The number of hydrogen-bond donors (Lipinski definition) is 2. The van der Waals surface area contributed by atoms with Crippen LogP contribution >= 0.6 is 11.8 Å². The molecular weight excluding hydrogens is 196 g/mol. The van der Waals surface area contributed by atoms with Gasteiger partial charge in [0.15, 0.2) is 0 Å². The van der Waals surface area contributed by atoms with Crippen LogP contribution in [0.2, 0.25) is 0 Å². The van der Waals surface area contributed by atoms with E-state index in [4.69, 9.17) is 11.5 Å². The monoisotopic (exact) mass is 212 g/mol. The van der Waals surface area contributed by atoms with Gasteiger partial charge in [0, 0.05) is 11.8 Å². The van der Waals surface area contributed by atoms with Crippen molar-refractivity contribution in [1.82, 2.24) is 9.97 Å². The minimum absolute atomic E-state index is 0.247. The van der Waals surface area contributed by atoms with Gasteiger partial charge in [-0.25, -0.2) is 4.98 Å². The van der Waals surface area contributed by atoms with Crippen molar-refractivity contribution in [1.29, 1.82) is 0 Å². The van der Waals surface area contributed by atoms with E-state index < -0.39 is 0 Å². The Labute approximate surface area is 88.5 Å². The minimum Gasteiger partial charge on any atom is -0.383 e. The molecule has 0 saturated carbocycles. The van der Waals surface area contributed by atoms with E-state index in [2.05, 4.69) is 23.8 Å². The van der Waals surface area contributed by atoms with Gasteiger partial charge >= 0.3 is 0 Å². The van der Waals surface area contributed by atoms with Crippen molar-refractivity contribution in [3.8, 4) is 0 Å². The fourth-order valence-electron chi connectivity index (χ4n) is 0.881. The van der Waals surface area contributed by atoms with E-state index in [9.17, 15) is 0 Å². The summed E-state index contributed by atoms with van der Waals surface area (Å²) in [6.45, 7) is 4.38. The summed E-state index contributed by atoms with van der Waals surface area (Å²) in [6.07, 6.45) is 1.17. The number of rotatable bonds is 4. The van der Waals surface area contributed by atoms with Gasteiger partial charge in [0.25, 0.3) is 0 Å². The standard InChI is InChI=1S/C9H16N4S/c1-3-6(2)5-14-8-4-7(10)12-9(11)13-8/h4,6H,3,5H2,1-2H3,(H4,10,11,12,13). The number of thioether (sulfide) groups is 1. The number of nitrogens with zero attached hydrogens (tertiary/aromatic N) is 2. The van der Waals surface area contributed by atoms with Crippen LogP contribution in [-0.4, -0.2) is 15.7 Å². The number of hydrogen-bond acceptors (Lipinski definition) is 5. The Morgan fingerprint density at radius 1 is 1.43 bits per heavy atom. The summed E-state index contributed by atoms with van der Waals surface area (Å²) in [6, 6.07) is 1.75. The van der Waals surface area contributed by atoms with Crippen LogP contribution < -0.4 is 11.5 Å². The van der Waals surface area contributed by atoms with Crippen molar-refractivity contribution < 1.29 is 0 Å². The van der Waals surface area contributed by atoms with Crippen molar-refractivity contribution in [3.05, 3.63) is 6.07 Å². The molecule has 4 N–H and O–H groups in total. The van der Waals surface area contributed by atoms with Gasteiger partial charge in [0.1, 0.15) is 10.8 Å². The molecule has 1 aromatic heterocycles. The first-order valence-corrected chi connectivity index (χ1v) is 5.63. The first-order valence-electron chi connectivity index (χ1n) is 4.64. The molecule has 0 fully saturated rings. The third kappa shape index (κ3) is 3.41. The van der Waals surface area contributed by atoms with Crippen LogP contribution in [0.1, 0.15) is 20.3 Å². The van der Waals surface area contributed by atoms with Gasteiger partial charge in [-0.15, -0.1) is 11.8 Å². The lowest BCUT2D eigenvalue weighted by Crippen LogP contribution is -2.01. The predicted molar refractivity (Wildman–Crippen MR) is 61.0 cm³/mol. The summed E-state index contributed by atoms with van der Waals surface area (Å²) < 4.78 is 0. The second-order valence-electron chi connectivity index (χ2n) is 3.31. The van der Waals surface area contributed by atoms with Gasteiger partial charge in [0.05, 0.1) is 0 Å². The first kappa shape index (κ1) is 11.1. The highest BCUT2D eigenvalue weighted by molar-refractivity contribution is 7.99. The second-order valence-corrected chi connectivity index (χ2v) is 4.35. The molecule has 0 aliphatic rings. The molecule has 0 bridgehead atoms. The number of anilines is 2. The molecule has 0 aliphatic carbocycles. The molecule has 0 amide bonds. The van der Waals surface area contributed by atoms with Crippen LogP contribution in [0.15, 0.2) is 11.1 Å². The molecule has 0 aliphatic heterocycles. The maximum atomic E-state index is 5.55. The summed E-state index contributed by atoms with van der Waals surface area (Å²) in [5.74, 6) is 2.39. The van der Waals surface area contributed by atoms with Crippen molar-refractivity contribution in [2.75, 3.05) is 17.2 Å². The second kappa shape index (κ2) is 5.05. The van der Waals surface area contributed by atoms with Crippen LogP contribution in [0.4, 0.5) is 11.8 Å². The molecule has 1 rings (SSSR count). The smallest absolute Gasteiger partial charge is 0.223 e. The molecule has 0 saturated heterocycles. The van der Waals surface area contributed by atoms with Gasteiger partial charge in [-0.1, -0.05) is 20.3 Å². The largest absolute Gasteiger partial charge is 0.383 e. The zero-order chi connectivity index (χ0) is 10.6.